The molecule has 1 unspecified atom stereocenters. The van der Waals surface area contributed by atoms with Crippen LogP contribution >= 0.6 is 0 Å². The summed E-state index contributed by atoms with van der Waals surface area (Å²) >= 11 is 0. The molecule has 0 amide bonds. The molecule has 0 N–H and O–H groups in total. The van der Waals surface area contributed by atoms with Gasteiger partial charge in [0.25, 0.3) is 0 Å². The minimum atomic E-state index is -0.525. The molecule has 0 aliphatic carbocycles. The van der Waals surface area contributed by atoms with Gasteiger partial charge in [0.1, 0.15) is 6.10 Å². The third kappa shape index (κ3) is 9.42. The predicted molar refractivity (Wildman–Crippen MR) is 74.9 cm³/mol. The van der Waals surface area contributed by atoms with Crippen LogP contribution in [-0.2, 0) is 19.1 Å². The Labute approximate surface area is 116 Å². The molecule has 0 saturated heterocycles. The minimum Gasteiger partial charge on any atom is -0.457 e. The zero-order valence-electron chi connectivity index (χ0n) is 13.1. The minimum absolute atomic E-state index is 0.108. The number of carbonyl (C=O) groups is 2. The molecule has 0 saturated carbocycles. The fourth-order valence-electron chi connectivity index (χ4n) is 1.03. The van der Waals surface area contributed by atoms with Crippen LogP contribution in [0.1, 0.15) is 48.5 Å². The van der Waals surface area contributed by atoms with Crippen LogP contribution in [0.4, 0.5) is 0 Å². The van der Waals surface area contributed by atoms with E-state index < -0.39 is 11.4 Å². The van der Waals surface area contributed by atoms with Crippen LogP contribution in [0.25, 0.3) is 0 Å². The van der Waals surface area contributed by atoms with Gasteiger partial charge in [-0.2, -0.15) is 0 Å². The molecular weight excluding hydrogens is 244 g/mol. The number of ketones is 1. The Morgan fingerprint density at radius 1 is 1.05 bits per heavy atom. The van der Waals surface area contributed by atoms with Crippen molar-refractivity contribution < 1.29 is 19.1 Å². The summed E-state index contributed by atoms with van der Waals surface area (Å²) in [4.78, 5) is 23.1. The van der Waals surface area contributed by atoms with Crippen molar-refractivity contribution in [2.75, 3.05) is 6.61 Å². The van der Waals surface area contributed by atoms with Crippen LogP contribution in [0.5, 0.6) is 0 Å². The first-order valence-corrected chi connectivity index (χ1v) is 6.49. The Hall–Kier alpha value is -1.16. The lowest BCUT2D eigenvalue weighted by Crippen LogP contribution is -2.27. The van der Waals surface area contributed by atoms with E-state index in [1.807, 2.05) is 20.8 Å². The van der Waals surface area contributed by atoms with E-state index in [4.69, 9.17) is 9.47 Å². The fourth-order valence-corrected chi connectivity index (χ4v) is 1.03. The van der Waals surface area contributed by atoms with Crippen molar-refractivity contribution in [3.63, 3.8) is 0 Å². The highest BCUT2D eigenvalue weighted by atomic mass is 16.6. The Morgan fingerprint density at radius 2 is 1.58 bits per heavy atom. The summed E-state index contributed by atoms with van der Waals surface area (Å²) in [5.41, 5.74) is -0.754. The van der Waals surface area contributed by atoms with E-state index in [2.05, 4.69) is 0 Å². The second kappa shape index (κ2) is 6.85. The Balaban J connectivity index is 4.18. The lowest BCUT2D eigenvalue weighted by atomic mass is 9.91. The van der Waals surface area contributed by atoms with Crippen molar-refractivity contribution >= 4 is 11.8 Å². The fraction of sp³-hybridized carbons (Fsp3) is 0.733. The summed E-state index contributed by atoms with van der Waals surface area (Å²) in [6, 6.07) is 0. The van der Waals surface area contributed by atoms with E-state index >= 15 is 0 Å². The normalized spacial score (nSPS) is 14.5. The van der Waals surface area contributed by atoms with E-state index in [-0.39, 0.29) is 17.5 Å². The van der Waals surface area contributed by atoms with Gasteiger partial charge in [-0.05, 0) is 33.8 Å². The molecule has 0 heterocycles. The van der Waals surface area contributed by atoms with Crippen molar-refractivity contribution in [1.29, 1.82) is 0 Å². The molecule has 1 atom stereocenters. The summed E-state index contributed by atoms with van der Waals surface area (Å²) < 4.78 is 10.6. The van der Waals surface area contributed by atoms with Gasteiger partial charge in [0.2, 0.25) is 0 Å². The third-order valence-corrected chi connectivity index (χ3v) is 2.18. The van der Waals surface area contributed by atoms with Gasteiger partial charge >= 0.3 is 5.97 Å². The predicted octanol–water partition coefficient (Wildman–Crippen LogP) is 2.90. The molecule has 0 radical (unpaired) electrons. The summed E-state index contributed by atoms with van der Waals surface area (Å²) in [5.74, 6) is -0.634. The highest BCUT2D eigenvalue weighted by Gasteiger charge is 2.19. The van der Waals surface area contributed by atoms with Gasteiger partial charge in [-0.3, -0.25) is 4.79 Å². The highest BCUT2D eigenvalue weighted by molar-refractivity contribution is 5.98. The molecule has 0 aromatic rings. The zero-order valence-corrected chi connectivity index (χ0v) is 13.1. The molecule has 0 spiro atoms. The number of hydrogen-bond donors (Lipinski definition) is 0. The van der Waals surface area contributed by atoms with Crippen LogP contribution in [0.2, 0.25) is 0 Å². The molecule has 0 fully saturated rings. The number of carbonyl (C=O) groups excluding carboxylic acids is 2. The van der Waals surface area contributed by atoms with Crippen molar-refractivity contribution in [2.45, 2.75) is 60.2 Å². The molecule has 0 bridgehead atoms. The zero-order chi connectivity index (χ0) is 15.3. The topological polar surface area (TPSA) is 52.6 Å². The van der Waals surface area contributed by atoms with E-state index in [0.29, 0.717) is 6.61 Å². The number of hydrogen-bond acceptors (Lipinski definition) is 4. The second-order valence-electron chi connectivity index (χ2n) is 6.62. The van der Waals surface area contributed by atoms with Gasteiger partial charge < -0.3 is 9.47 Å². The Morgan fingerprint density at radius 3 is 2.00 bits per heavy atom. The second-order valence-corrected chi connectivity index (χ2v) is 6.62. The molecule has 4 heteroatoms. The van der Waals surface area contributed by atoms with Crippen LogP contribution in [0.15, 0.2) is 12.2 Å². The van der Waals surface area contributed by atoms with Crippen molar-refractivity contribution in [1.82, 2.24) is 0 Å². The average Bonchev–Trinajstić information content (AvgIpc) is 2.20. The SMILES string of the molecule is CC(COC(C)(C)C)OC(=O)/C=C\C(=O)C(C)(C)C. The van der Waals surface area contributed by atoms with Crippen LogP contribution in [0, 0.1) is 5.41 Å². The van der Waals surface area contributed by atoms with Crippen molar-refractivity contribution in [3.05, 3.63) is 12.2 Å². The number of rotatable bonds is 5. The molecule has 0 rings (SSSR count). The maximum atomic E-state index is 11.6. The van der Waals surface area contributed by atoms with Gasteiger partial charge in [-0.25, -0.2) is 4.79 Å². The van der Waals surface area contributed by atoms with Gasteiger partial charge in [-0.15, -0.1) is 0 Å². The number of allylic oxidation sites excluding steroid dienone is 1. The van der Waals surface area contributed by atoms with Crippen molar-refractivity contribution in [2.24, 2.45) is 5.41 Å². The molecule has 0 aromatic heterocycles. The molecule has 0 aliphatic rings. The standard InChI is InChI=1S/C15H26O4/c1-11(10-18-15(5,6)7)19-13(17)9-8-12(16)14(2,3)4/h8-9,11H,10H2,1-7H3/b9-8-. The van der Waals surface area contributed by atoms with Gasteiger partial charge in [0, 0.05) is 11.5 Å². The molecule has 0 aliphatic heterocycles. The molecule has 110 valence electrons. The first-order valence-electron chi connectivity index (χ1n) is 6.49. The maximum Gasteiger partial charge on any atom is 0.331 e. The van der Waals surface area contributed by atoms with E-state index in [1.165, 1.54) is 12.2 Å². The van der Waals surface area contributed by atoms with Gasteiger partial charge in [0.15, 0.2) is 5.78 Å². The van der Waals surface area contributed by atoms with Crippen LogP contribution in [-0.4, -0.2) is 30.1 Å². The molecular formula is C15H26O4. The lowest BCUT2D eigenvalue weighted by Gasteiger charge is -2.22. The molecule has 0 aromatic carbocycles. The first-order chi connectivity index (χ1) is 8.42. The van der Waals surface area contributed by atoms with E-state index in [1.54, 1.807) is 27.7 Å². The van der Waals surface area contributed by atoms with Crippen LogP contribution in [0.3, 0.4) is 0 Å². The number of ether oxygens (including phenoxy) is 2. The quantitative estimate of drug-likeness (QED) is 0.569. The van der Waals surface area contributed by atoms with E-state index in [0.717, 1.165) is 0 Å². The van der Waals surface area contributed by atoms with Crippen molar-refractivity contribution in [3.8, 4) is 0 Å². The monoisotopic (exact) mass is 270 g/mol. The summed E-state index contributed by atoms with van der Waals surface area (Å²) in [5, 5.41) is 0. The maximum absolute atomic E-state index is 11.6. The summed E-state index contributed by atoms with van der Waals surface area (Å²) in [6.07, 6.45) is 2.09. The molecule has 4 nitrogen and oxygen atoms in total. The van der Waals surface area contributed by atoms with Gasteiger partial charge in [-0.1, -0.05) is 20.8 Å². The highest BCUT2D eigenvalue weighted by Crippen LogP contribution is 2.15. The molecule has 19 heavy (non-hydrogen) atoms. The van der Waals surface area contributed by atoms with Crippen LogP contribution < -0.4 is 0 Å². The largest absolute Gasteiger partial charge is 0.457 e. The smallest absolute Gasteiger partial charge is 0.331 e. The Kier molecular flexibility index (Phi) is 6.43. The van der Waals surface area contributed by atoms with E-state index in [9.17, 15) is 9.59 Å². The number of esters is 1. The summed E-state index contributed by atoms with van der Waals surface area (Å²) in [7, 11) is 0. The van der Waals surface area contributed by atoms with Gasteiger partial charge in [0.05, 0.1) is 12.2 Å². The average molecular weight is 270 g/mol. The third-order valence-electron chi connectivity index (χ3n) is 2.18. The Bertz CT molecular complexity index is 342. The first kappa shape index (κ1) is 17.8. The lowest BCUT2D eigenvalue weighted by molar-refractivity contribution is -0.148. The summed E-state index contributed by atoms with van der Waals surface area (Å²) in [6.45, 7) is 13.3.